The van der Waals surface area contributed by atoms with Gasteiger partial charge in [0.05, 0.1) is 7.11 Å². The van der Waals surface area contributed by atoms with E-state index in [2.05, 4.69) is 18.3 Å². The maximum atomic E-state index is 13.0. The minimum absolute atomic E-state index is 0.154. The van der Waals surface area contributed by atoms with E-state index in [1.165, 1.54) is 12.1 Å². The number of halogens is 1. The number of hydrogen-bond acceptors (Lipinski definition) is 2. The van der Waals surface area contributed by atoms with Crippen molar-refractivity contribution in [3.05, 3.63) is 65.5 Å². The average molecular weight is 273 g/mol. The maximum absolute atomic E-state index is 13.0. The molecule has 1 atom stereocenters. The minimum atomic E-state index is -0.203. The number of hydrogen-bond donors (Lipinski definition) is 1. The summed E-state index contributed by atoms with van der Waals surface area (Å²) < 4.78 is 18.4. The molecule has 0 amide bonds. The second-order valence-electron chi connectivity index (χ2n) is 4.68. The zero-order valence-electron chi connectivity index (χ0n) is 11.9. The van der Waals surface area contributed by atoms with Gasteiger partial charge in [0.25, 0.3) is 0 Å². The molecule has 1 unspecified atom stereocenters. The van der Waals surface area contributed by atoms with Gasteiger partial charge in [0.15, 0.2) is 0 Å². The van der Waals surface area contributed by atoms with Gasteiger partial charge in [-0.1, -0.05) is 37.3 Å². The predicted molar refractivity (Wildman–Crippen MR) is 79.5 cm³/mol. The first-order valence-electron chi connectivity index (χ1n) is 6.85. The third-order valence-corrected chi connectivity index (χ3v) is 3.32. The second-order valence-corrected chi connectivity index (χ2v) is 4.68. The van der Waals surface area contributed by atoms with Crippen LogP contribution in [-0.2, 0) is 6.42 Å². The Bertz CT molecular complexity index is 539. The Morgan fingerprint density at radius 3 is 2.45 bits per heavy atom. The molecule has 2 nitrogen and oxygen atoms in total. The minimum Gasteiger partial charge on any atom is -0.496 e. The third kappa shape index (κ3) is 3.58. The van der Waals surface area contributed by atoms with Gasteiger partial charge in [0.1, 0.15) is 11.6 Å². The Labute approximate surface area is 119 Å². The Morgan fingerprint density at radius 2 is 1.80 bits per heavy atom. The quantitative estimate of drug-likeness (QED) is 0.866. The number of para-hydroxylation sites is 1. The molecule has 0 radical (unpaired) electrons. The van der Waals surface area contributed by atoms with Gasteiger partial charge in [-0.05, 0) is 36.7 Å². The molecule has 0 bridgehead atoms. The number of methoxy groups -OCH3 is 1. The Kier molecular flexibility index (Phi) is 5.13. The highest BCUT2D eigenvalue weighted by atomic mass is 19.1. The van der Waals surface area contributed by atoms with Crippen LogP contribution in [0.15, 0.2) is 48.5 Å². The monoisotopic (exact) mass is 273 g/mol. The number of ether oxygens (including phenoxy) is 1. The van der Waals surface area contributed by atoms with Gasteiger partial charge in [-0.25, -0.2) is 4.39 Å². The van der Waals surface area contributed by atoms with E-state index in [4.69, 9.17) is 4.74 Å². The zero-order valence-corrected chi connectivity index (χ0v) is 11.9. The molecule has 0 saturated heterocycles. The van der Waals surface area contributed by atoms with Crippen molar-refractivity contribution in [2.75, 3.05) is 13.7 Å². The molecular weight excluding hydrogens is 253 g/mol. The predicted octanol–water partition coefficient (Wildman–Crippen LogP) is 3.73. The molecule has 0 aromatic heterocycles. The van der Waals surface area contributed by atoms with Crippen LogP contribution in [0.5, 0.6) is 5.75 Å². The molecule has 0 spiro atoms. The van der Waals surface area contributed by atoms with Crippen LogP contribution < -0.4 is 10.1 Å². The van der Waals surface area contributed by atoms with Crippen molar-refractivity contribution in [3.8, 4) is 5.75 Å². The van der Waals surface area contributed by atoms with Gasteiger partial charge >= 0.3 is 0 Å². The van der Waals surface area contributed by atoms with Crippen molar-refractivity contribution in [2.45, 2.75) is 19.4 Å². The van der Waals surface area contributed by atoms with E-state index < -0.39 is 0 Å². The van der Waals surface area contributed by atoms with E-state index in [0.717, 1.165) is 29.8 Å². The fourth-order valence-electron chi connectivity index (χ4n) is 2.35. The molecule has 0 aliphatic heterocycles. The molecule has 2 aromatic rings. The summed E-state index contributed by atoms with van der Waals surface area (Å²) in [6.07, 6.45) is 0.800. The smallest absolute Gasteiger partial charge is 0.123 e. The maximum Gasteiger partial charge on any atom is 0.123 e. The van der Waals surface area contributed by atoms with Crippen molar-refractivity contribution < 1.29 is 9.13 Å². The highest BCUT2D eigenvalue weighted by Gasteiger charge is 2.15. The van der Waals surface area contributed by atoms with Crippen LogP contribution in [0.1, 0.15) is 24.1 Å². The summed E-state index contributed by atoms with van der Waals surface area (Å²) in [5.74, 6) is 0.673. The van der Waals surface area contributed by atoms with E-state index in [-0.39, 0.29) is 11.9 Å². The molecule has 0 aliphatic rings. The topological polar surface area (TPSA) is 21.3 Å². The number of nitrogens with one attached hydrogen (secondary N) is 1. The highest BCUT2D eigenvalue weighted by Crippen LogP contribution is 2.27. The van der Waals surface area contributed by atoms with Gasteiger partial charge in [0.2, 0.25) is 0 Å². The molecule has 2 aromatic carbocycles. The fourth-order valence-corrected chi connectivity index (χ4v) is 2.35. The van der Waals surface area contributed by atoms with Gasteiger partial charge in [-0.3, -0.25) is 0 Å². The first-order chi connectivity index (χ1) is 9.74. The van der Waals surface area contributed by atoms with E-state index in [9.17, 15) is 4.39 Å². The molecule has 0 aliphatic carbocycles. The van der Waals surface area contributed by atoms with Crippen molar-refractivity contribution in [2.24, 2.45) is 0 Å². The average Bonchev–Trinajstić information content (AvgIpc) is 2.49. The van der Waals surface area contributed by atoms with Crippen LogP contribution in [-0.4, -0.2) is 13.7 Å². The summed E-state index contributed by atoms with van der Waals surface area (Å²) in [4.78, 5) is 0. The number of rotatable bonds is 6. The standard InChI is InChI=1S/C17H20FNO/c1-3-19-16(12-13-8-10-14(18)11-9-13)15-6-4-5-7-17(15)20-2/h4-11,16,19H,3,12H2,1-2H3. The van der Waals surface area contributed by atoms with Gasteiger partial charge in [-0.2, -0.15) is 0 Å². The summed E-state index contributed by atoms with van der Waals surface area (Å²) >= 11 is 0. The number of likely N-dealkylation sites (N-methyl/N-ethyl adjacent to an activating group) is 1. The lowest BCUT2D eigenvalue weighted by Crippen LogP contribution is -2.23. The van der Waals surface area contributed by atoms with Crippen molar-refractivity contribution >= 4 is 0 Å². The molecule has 2 rings (SSSR count). The molecule has 0 fully saturated rings. The van der Waals surface area contributed by atoms with Gasteiger partial charge in [0, 0.05) is 11.6 Å². The first kappa shape index (κ1) is 14.5. The zero-order chi connectivity index (χ0) is 14.4. The van der Waals surface area contributed by atoms with Crippen LogP contribution in [0, 0.1) is 5.82 Å². The molecule has 1 N–H and O–H groups in total. The molecule has 0 heterocycles. The van der Waals surface area contributed by atoms with Crippen LogP contribution in [0.25, 0.3) is 0 Å². The Morgan fingerprint density at radius 1 is 1.10 bits per heavy atom. The summed E-state index contributed by atoms with van der Waals surface area (Å²) in [5.41, 5.74) is 2.23. The van der Waals surface area contributed by atoms with E-state index in [1.807, 2.05) is 30.3 Å². The Balaban J connectivity index is 2.24. The summed E-state index contributed by atoms with van der Waals surface area (Å²) in [7, 11) is 1.68. The van der Waals surface area contributed by atoms with Gasteiger partial charge < -0.3 is 10.1 Å². The first-order valence-corrected chi connectivity index (χ1v) is 6.85. The highest BCUT2D eigenvalue weighted by molar-refractivity contribution is 5.37. The summed E-state index contributed by atoms with van der Waals surface area (Å²) in [6.45, 7) is 2.94. The molecule has 20 heavy (non-hydrogen) atoms. The fraction of sp³-hybridized carbons (Fsp3) is 0.294. The normalized spacial score (nSPS) is 12.2. The van der Waals surface area contributed by atoms with Crippen molar-refractivity contribution in [3.63, 3.8) is 0 Å². The van der Waals surface area contributed by atoms with Gasteiger partial charge in [-0.15, -0.1) is 0 Å². The van der Waals surface area contributed by atoms with Crippen LogP contribution in [0.3, 0.4) is 0 Å². The van der Waals surface area contributed by atoms with E-state index in [1.54, 1.807) is 7.11 Å². The molecule has 0 saturated carbocycles. The molecule has 106 valence electrons. The third-order valence-electron chi connectivity index (χ3n) is 3.32. The Hall–Kier alpha value is -1.87. The molecular formula is C17H20FNO. The van der Waals surface area contributed by atoms with E-state index in [0.29, 0.717) is 0 Å². The second kappa shape index (κ2) is 7.06. The summed E-state index contributed by atoms with van der Waals surface area (Å²) in [6, 6.07) is 14.8. The van der Waals surface area contributed by atoms with Crippen molar-refractivity contribution in [1.29, 1.82) is 0 Å². The van der Waals surface area contributed by atoms with Crippen LogP contribution in [0.2, 0.25) is 0 Å². The lowest BCUT2D eigenvalue weighted by atomic mass is 9.98. The van der Waals surface area contributed by atoms with Crippen LogP contribution in [0.4, 0.5) is 4.39 Å². The van der Waals surface area contributed by atoms with E-state index >= 15 is 0 Å². The largest absolute Gasteiger partial charge is 0.496 e. The lowest BCUT2D eigenvalue weighted by Gasteiger charge is -2.21. The lowest BCUT2D eigenvalue weighted by molar-refractivity contribution is 0.399. The molecule has 3 heteroatoms. The number of benzene rings is 2. The van der Waals surface area contributed by atoms with Crippen molar-refractivity contribution in [1.82, 2.24) is 5.32 Å². The van der Waals surface area contributed by atoms with Crippen LogP contribution >= 0.6 is 0 Å². The summed E-state index contributed by atoms with van der Waals surface area (Å²) in [5, 5.41) is 3.46. The SMILES string of the molecule is CCNC(Cc1ccc(F)cc1)c1ccccc1OC.